The summed E-state index contributed by atoms with van der Waals surface area (Å²) >= 11 is 1.41. The first-order chi connectivity index (χ1) is 10.6. The maximum atomic E-state index is 12.3. The van der Waals surface area contributed by atoms with Gasteiger partial charge >= 0.3 is 0 Å². The number of carbonyl (C=O) groups excluding carboxylic acids is 2. The number of likely N-dealkylation sites (tertiary alicyclic amines) is 1. The standard InChI is InChI=1S/C16H22N2O3S/c19-13(10-18-8-3-1-2-4-9-18)17-15-14(16(20)21)11-6-5-7-12(11)22-15/h1-10H2,(H,17,19)(H,20,21). The van der Waals surface area contributed by atoms with E-state index in [-0.39, 0.29) is 11.5 Å². The van der Waals surface area contributed by atoms with Crippen molar-refractivity contribution in [1.29, 1.82) is 0 Å². The summed E-state index contributed by atoms with van der Waals surface area (Å²) in [6.07, 6.45) is 7.51. The molecule has 120 valence electrons. The molecule has 1 saturated heterocycles. The highest BCUT2D eigenvalue weighted by atomic mass is 32.1. The van der Waals surface area contributed by atoms with Crippen LogP contribution < -0.4 is 15.3 Å². The van der Waals surface area contributed by atoms with Gasteiger partial charge in [-0.1, -0.05) is 0 Å². The second kappa shape index (κ2) is 6.79. The quantitative estimate of drug-likeness (QED) is 0.819. The molecule has 2 aliphatic rings. The molecule has 0 saturated carbocycles. The average molecular weight is 322 g/mol. The first-order valence-corrected chi connectivity index (χ1v) is 8.96. The summed E-state index contributed by atoms with van der Waals surface area (Å²) in [7, 11) is 0. The van der Waals surface area contributed by atoms with Crippen molar-refractivity contribution in [3.05, 3.63) is 16.0 Å². The van der Waals surface area contributed by atoms with Crippen LogP contribution in [0.25, 0.3) is 0 Å². The lowest BCUT2D eigenvalue weighted by Gasteiger charge is -2.16. The molecule has 6 heteroatoms. The molecule has 2 N–H and O–H groups in total. The van der Waals surface area contributed by atoms with E-state index < -0.39 is 5.97 Å². The molecule has 0 atom stereocenters. The van der Waals surface area contributed by atoms with E-state index >= 15 is 0 Å². The number of amides is 1. The van der Waals surface area contributed by atoms with Gasteiger partial charge in [0.05, 0.1) is 19.1 Å². The van der Waals surface area contributed by atoms with Crippen LogP contribution in [0.1, 0.15) is 52.9 Å². The SMILES string of the molecule is O=C(C[NH+]1CCCCCC1)Nc1sc2c(c1C(=O)[O-])CCC2. The van der Waals surface area contributed by atoms with Crippen molar-refractivity contribution < 1.29 is 19.6 Å². The number of carbonyl (C=O) groups is 2. The number of carboxylic acid groups (broad SMARTS) is 1. The van der Waals surface area contributed by atoms with Crippen LogP contribution in [0.15, 0.2) is 0 Å². The highest BCUT2D eigenvalue weighted by molar-refractivity contribution is 7.17. The zero-order valence-electron chi connectivity index (χ0n) is 12.7. The number of rotatable bonds is 4. The van der Waals surface area contributed by atoms with Gasteiger partial charge in [-0.25, -0.2) is 0 Å². The van der Waals surface area contributed by atoms with Crippen molar-refractivity contribution in [3.8, 4) is 0 Å². The van der Waals surface area contributed by atoms with E-state index in [1.807, 2.05) is 0 Å². The molecular formula is C16H22N2O3S. The topological polar surface area (TPSA) is 73.7 Å². The van der Waals surface area contributed by atoms with Gasteiger partial charge in [0.2, 0.25) is 0 Å². The molecule has 1 aromatic heterocycles. The Hall–Kier alpha value is -1.40. The number of anilines is 1. The van der Waals surface area contributed by atoms with Crippen molar-refractivity contribution in [1.82, 2.24) is 0 Å². The highest BCUT2D eigenvalue weighted by Crippen LogP contribution is 2.38. The van der Waals surface area contributed by atoms with Gasteiger partial charge in [0, 0.05) is 10.4 Å². The Morgan fingerprint density at radius 3 is 2.50 bits per heavy atom. The van der Waals surface area contributed by atoms with E-state index in [1.54, 1.807) is 0 Å². The van der Waals surface area contributed by atoms with Crippen LogP contribution in [0.2, 0.25) is 0 Å². The second-order valence-electron chi connectivity index (χ2n) is 6.24. The minimum atomic E-state index is -1.17. The second-order valence-corrected chi connectivity index (χ2v) is 7.34. The molecule has 0 spiro atoms. The molecule has 0 unspecified atom stereocenters. The fourth-order valence-electron chi connectivity index (χ4n) is 3.51. The number of hydrogen-bond donors (Lipinski definition) is 2. The average Bonchev–Trinajstić information content (AvgIpc) is 2.91. The first-order valence-electron chi connectivity index (χ1n) is 8.14. The number of nitrogens with one attached hydrogen (secondary N) is 2. The number of aryl methyl sites for hydroxylation is 1. The monoisotopic (exact) mass is 322 g/mol. The molecular weight excluding hydrogens is 300 g/mol. The summed E-state index contributed by atoms with van der Waals surface area (Å²) in [5.74, 6) is -1.25. The van der Waals surface area contributed by atoms with Crippen LogP contribution in [0.3, 0.4) is 0 Å². The zero-order chi connectivity index (χ0) is 15.5. The van der Waals surface area contributed by atoms with Crippen molar-refractivity contribution in [3.63, 3.8) is 0 Å². The van der Waals surface area contributed by atoms with Crippen molar-refractivity contribution in [2.75, 3.05) is 25.0 Å². The molecule has 1 amide bonds. The van der Waals surface area contributed by atoms with E-state index in [1.165, 1.54) is 41.9 Å². The van der Waals surface area contributed by atoms with Gasteiger partial charge in [0.15, 0.2) is 6.54 Å². The molecule has 2 heterocycles. The van der Waals surface area contributed by atoms with E-state index in [0.29, 0.717) is 11.5 Å². The summed E-state index contributed by atoms with van der Waals surface area (Å²) in [4.78, 5) is 26.0. The number of aromatic carboxylic acids is 1. The van der Waals surface area contributed by atoms with Crippen LogP contribution in [0.5, 0.6) is 0 Å². The van der Waals surface area contributed by atoms with Gasteiger partial charge in [-0.05, 0) is 50.5 Å². The summed E-state index contributed by atoms with van der Waals surface area (Å²) in [6.45, 7) is 2.48. The minimum Gasteiger partial charge on any atom is -0.545 e. The van der Waals surface area contributed by atoms with Gasteiger partial charge in [0.1, 0.15) is 5.00 Å². The first kappa shape index (κ1) is 15.5. The Kier molecular flexibility index (Phi) is 4.78. The lowest BCUT2D eigenvalue weighted by Crippen LogP contribution is -3.12. The molecule has 22 heavy (non-hydrogen) atoms. The normalized spacial score (nSPS) is 18.7. The van der Waals surface area contributed by atoms with Crippen LogP contribution >= 0.6 is 11.3 Å². The number of carboxylic acids is 1. The van der Waals surface area contributed by atoms with E-state index in [4.69, 9.17) is 0 Å². The van der Waals surface area contributed by atoms with E-state index in [2.05, 4.69) is 5.32 Å². The van der Waals surface area contributed by atoms with Gasteiger partial charge < -0.3 is 20.1 Å². The van der Waals surface area contributed by atoms with Crippen LogP contribution in [-0.2, 0) is 17.6 Å². The summed E-state index contributed by atoms with van der Waals surface area (Å²) in [5, 5.41) is 14.7. The molecule has 1 aliphatic carbocycles. The van der Waals surface area contributed by atoms with Gasteiger partial charge in [-0.2, -0.15) is 0 Å². The van der Waals surface area contributed by atoms with Crippen LogP contribution in [-0.4, -0.2) is 31.5 Å². The zero-order valence-corrected chi connectivity index (χ0v) is 13.5. The lowest BCUT2D eigenvalue weighted by atomic mass is 10.1. The summed E-state index contributed by atoms with van der Waals surface area (Å²) in [6, 6.07) is 0. The largest absolute Gasteiger partial charge is 0.545 e. The van der Waals surface area contributed by atoms with Gasteiger partial charge in [0.25, 0.3) is 5.91 Å². The molecule has 1 aliphatic heterocycles. The molecule has 5 nitrogen and oxygen atoms in total. The molecule has 0 aromatic carbocycles. The lowest BCUT2D eigenvalue weighted by molar-refractivity contribution is -0.890. The Morgan fingerprint density at radius 2 is 1.82 bits per heavy atom. The third kappa shape index (κ3) is 3.33. The maximum absolute atomic E-state index is 12.3. The molecule has 1 fully saturated rings. The van der Waals surface area contributed by atoms with E-state index in [9.17, 15) is 14.7 Å². The van der Waals surface area contributed by atoms with Gasteiger partial charge in [-0.15, -0.1) is 11.3 Å². The molecule has 3 rings (SSSR count). The van der Waals surface area contributed by atoms with Gasteiger partial charge in [-0.3, -0.25) is 4.79 Å². The third-order valence-corrected chi connectivity index (χ3v) is 5.81. The molecule has 0 bridgehead atoms. The van der Waals surface area contributed by atoms with E-state index in [0.717, 1.165) is 42.8 Å². The summed E-state index contributed by atoms with van der Waals surface area (Å²) in [5.41, 5.74) is 1.10. The Labute approximate surface area is 134 Å². The maximum Gasteiger partial charge on any atom is 0.280 e. The highest BCUT2D eigenvalue weighted by Gasteiger charge is 2.25. The third-order valence-electron chi connectivity index (χ3n) is 4.60. The minimum absolute atomic E-state index is 0.0840. The van der Waals surface area contributed by atoms with Crippen LogP contribution in [0.4, 0.5) is 5.00 Å². The Bertz CT molecular complexity index is 574. The Morgan fingerprint density at radius 1 is 1.09 bits per heavy atom. The van der Waals surface area contributed by atoms with Crippen molar-refractivity contribution >= 4 is 28.2 Å². The number of fused-ring (bicyclic) bond motifs is 1. The fourth-order valence-corrected chi connectivity index (χ4v) is 4.81. The number of thiophene rings is 1. The molecule has 0 radical (unpaired) electrons. The summed E-state index contributed by atoms with van der Waals surface area (Å²) < 4.78 is 0. The number of hydrogen-bond acceptors (Lipinski definition) is 4. The van der Waals surface area contributed by atoms with Crippen LogP contribution in [0, 0.1) is 0 Å². The fraction of sp³-hybridized carbons (Fsp3) is 0.625. The number of quaternary nitrogens is 1. The van der Waals surface area contributed by atoms with Crippen molar-refractivity contribution in [2.24, 2.45) is 0 Å². The Balaban J connectivity index is 1.67. The molecule has 1 aromatic rings. The predicted octanol–water partition coefficient (Wildman–Crippen LogP) is -0.00230. The van der Waals surface area contributed by atoms with Crippen molar-refractivity contribution in [2.45, 2.75) is 44.9 Å². The predicted molar refractivity (Wildman–Crippen MR) is 83.3 cm³/mol. The smallest absolute Gasteiger partial charge is 0.280 e.